The molecular formula is C29H35FN4O2. The van der Waals surface area contributed by atoms with Gasteiger partial charge in [0, 0.05) is 25.1 Å². The number of aromatic nitrogens is 2. The molecule has 0 unspecified atom stereocenters. The predicted octanol–water partition coefficient (Wildman–Crippen LogP) is 4.86. The molecular weight excluding hydrogens is 455 g/mol. The lowest BCUT2D eigenvalue weighted by molar-refractivity contribution is -0.138. The first-order valence-electron chi connectivity index (χ1n) is 12.6. The standard InChI is InChI=1S/C29H35FN4O2/c1-19(2)22-10-12-24(13-11-22)28(23-8-6-5-7-9-23)31-29(36)26-17-25(30)18-33(26)27(35)14-15-34-21(4)16-20(3)32-34/h5-13,16,19,25-26,28H,14-15,17-18H2,1-4H3,(H,31,36)/t25-,26+,28+/m1/s1. The molecule has 7 heteroatoms. The molecule has 2 heterocycles. The Morgan fingerprint density at radius 3 is 2.28 bits per heavy atom. The molecule has 1 aromatic heterocycles. The highest BCUT2D eigenvalue weighted by atomic mass is 19.1. The molecule has 1 aliphatic heterocycles. The second-order valence-corrected chi connectivity index (χ2v) is 9.97. The predicted molar refractivity (Wildman–Crippen MR) is 138 cm³/mol. The van der Waals surface area contributed by atoms with Gasteiger partial charge in [-0.25, -0.2) is 4.39 Å². The zero-order chi connectivity index (χ0) is 25.8. The number of hydrogen-bond acceptors (Lipinski definition) is 3. The van der Waals surface area contributed by atoms with Gasteiger partial charge in [-0.3, -0.25) is 14.3 Å². The quantitative estimate of drug-likeness (QED) is 0.491. The van der Waals surface area contributed by atoms with Crippen molar-refractivity contribution in [1.82, 2.24) is 20.0 Å². The molecule has 1 aliphatic rings. The van der Waals surface area contributed by atoms with Crippen molar-refractivity contribution in [3.8, 4) is 0 Å². The van der Waals surface area contributed by atoms with E-state index < -0.39 is 18.3 Å². The number of benzene rings is 2. The van der Waals surface area contributed by atoms with E-state index in [0.29, 0.717) is 12.5 Å². The minimum atomic E-state index is -1.22. The molecule has 0 spiro atoms. The van der Waals surface area contributed by atoms with Gasteiger partial charge in [-0.1, -0.05) is 68.4 Å². The van der Waals surface area contributed by atoms with Crippen LogP contribution in [0, 0.1) is 13.8 Å². The molecule has 2 amide bonds. The molecule has 36 heavy (non-hydrogen) atoms. The highest BCUT2D eigenvalue weighted by Crippen LogP contribution is 2.27. The van der Waals surface area contributed by atoms with Gasteiger partial charge in [0.2, 0.25) is 11.8 Å². The van der Waals surface area contributed by atoms with Crippen LogP contribution in [0.25, 0.3) is 0 Å². The third kappa shape index (κ3) is 5.83. The third-order valence-corrected chi connectivity index (χ3v) is 6.87. The van der Waals surface area contributed by atoms with Crippen LogP contribution in [0.3, 0.4) is 0 Å². The average Bonchev–Trinajstić information content (AvgIpc) is 3.42. The Bertz CT molecular complexity index is 1190. The number of amides is 2. The Morgan fingerprint density at radius 1 is 1.03 bits per heavy atom. The zero-order valence-corrected chi connectivity index (χ0v) is 21.4. The van der Waals surface area contributed by atoms with Crippen molar-refractivity contribution in [2.24, 2.45) is 0 Å². The number of halogens is 1. The number of nitrogens with one attached hydrogen (secondary N) is 1. The summed E-state index contributed by atoms with van der Waals surface area (Å²) in [7, 11) is 0. The Labute approximate surface area is 212 Å². The molecule has 3 aromatic rings. The second-order valence-electron chi connectivity index (χ2n) is 9.97. The monoisotopic (exact) mass is 490 g/mol. The highest BCUT2D eigenvalue weighted by molar-refractivity contribution is 5.89. The van der Waals surface area contributed by atoms with Crippen LogP contribution < -0.4 is 5.32 Å². The van der Waals surface area contributed by atoms with E-state index in [-0.39, 0.29) is 31.2 Å². The lowest BCUT2D eigenvalue weighted by Gasteiger charge is -2.27. The van der Waals surface area contributed by atoms with Crippen LogP contribution in [0.4, 0.5) is 4.39 Å². The van der Waals surface area contributed by atoms with E-state index in [2.05, 4.69) is 36.4 Å². The molecule has 190 valence electrons. The van der Waals surface area contributed by atoms with Crippen LogP contribution in [0.5, 0.6) is 0 Å². The molecule has 4 rings (SSSR count). The largest absolute Gasteiger partial charge is 0.343 e. The molecule has 1 saturated heterocycles. The highest BCUT2D eigenvalue weighted by Gasteiger charge is 2.40. The minimum absolute atomic E-state index is 0.00523. The van der Waals surface area contributed by atoms with E-state index in [1.807, 2.05) is 62.4 Å². The lowest BCUT2D eigenvalue weighted by Crippen LogP contribution is -2.47. The van der Waals surface area contributed by atoms with Gasteiger partial charge in [-0.2, -0.15) is 5.10 Å². The van der Waals surface area contributed by atoms with Crippen LogP contribution in [0.2, 0.25) is 0 Å². The summed E-state index contributed by atoms with van der Waals surface area (Å²) >= 11 is 0. The van der Waals surface area contributed by atoms with Gasteiger partial charge < -0.3 is 10.2 Å². The fourth-order valence-electron chi connectivity index (χ4n) is 4.87. The summed E-state index contributed by atoms with van der Waals surface area (Å²) in [5.74, 6) is -0.172. The Morgan fingerprint density at radius 2 is 1.67 bits per heavy atom. The number of alkyl halides is 1. The van der Waals surface area contributed by atoms with Crippen molar-refractivity contribution < 1.29 is 14.0 Å². The van der Waals surface area contributed by atoms with Gasteiger partial charge in [0.05, 0.1) is 18.3 Å². The maximum atomic E-state index is 14.5. The number of likely N-dealkylation sites (tertiary alicyclic amines) is 1. The molecule has 1 N–H and O–H groups in total. The minimum Gasteiger partial charge on any atom is -0.343 e. The fourth-order valence-corrected chi connectivity index (χ4v) is 4.87. The Hall–Kier alpha value is -3.48. The summed E-state index contributed by atoms with van der Waals surface area (Å²) in [6, 6.07) is 18.6. The maximum Gasteiger partial charge on any atom is 0.243 e. The van der Waals surface area contributed by atoms with Crippen molar-refractivity contribution in [3.63, 3.8) is 0 Å². The van der Waals surface area contributed by atoms with Crippen molar-refractivity contribution in [2.75, 3.05) is 6.54 Å². The summed E-state index contributed by atoms with van der Waals surface area (Å²) < 4.78 is 16.3. The molecule has 1 fully saturated rings. The number of rotatable bonds is 8. The van der Waals surface area contributed by atoms with Crippen LogP contribution in [-0.2, 0) is 16.1 Å². The van der Waals surface area contributed by atoms with Gasteiger partial charge in [0.1, 0.15) is 12.2 Å². The number of aryl methyl sites for hydroxylation is 3. The zero-order valence-electron chi connectivity index (χ0n) is 21.4. The normalized spacial score (nSPS) is 18.4. The molecule has 0 radical (unpaired) electrons. The topological polar surface area (TPSA) is 67.2 Å². The van der Waals surface area contributed by atoms with E-state index in [4.69, 9.17) is 0 Å². The summed E-state index contributed by atoms with van der Waals surface area (Å²) in [5.41, 5.74) is 4.94. The van der Waals surface area contributed by atoms with E-state index in [9.17, 15) is 14.0 Å². The van der Waals surface area contributed by atoms with Crippen molar-refractivity contribution in [3.05, 3.63) is 88.7 Å². The van der Waals surface area contributed by atoms with Gasteiger partial charge in [-0.15, -0.1) is 0 Å². The number of carbonyl (C=O) groups is 2. The fraction of sp³-hybridized carbons (Fsp3) is 0.414. The van der Waals surface area contributed by atoms with Crippen LogP contribution in [0.1, 0.15) is 66.7 Å². The lowest BCUT2D eigenvalue weighted by atomic mass is 9.95. The van der Waals surface area contributed by atoms with E-state index >= 15 is 0 Å². The second kappa shape index (κ2) is 11.1. The van der Waals surface area contributed by atoms with Crippen molar-refractivity contribution in [1.29, 1.82) is 0 Å². The Kier molecular flexibility index (Phi) is 7.87. The van der Waals surface area contributed by atoms with Crippen molar-refractivity contribution in [2.45, 2.75) is 71.3 Å². The number of hydrogen-bond donors (Lipinski definition) is 1. The molecule has 0 bridgehead atoms. The molecule has 2 aromatic carbocycles. The summed E-state index contributed by atoms with van der Waals surface area (Å²) in [6.45, 7) is 8.45. The van der Waals surface area contributed by atoms with E-state index in [1.165, 1.54) is 10.5 Å². The molecule has 0 aliphatic carbocycles. The first-order chi connectivity index (χ1) is 17.2. The first-order valence-corrected chi connectivity index (χ1v) is 12.6. The summed E-state index contributed by atoms with van der Waals surface area (Å²) in [6.07, 6.45) is -1.05. The van der Waals surface area contributed by atoms with Gasteiger partial charge in [-0.05, 0) is 42.5 Å². The maximum absolute atomic E-state index is 14.5. The van der Waals surface area contributed by atoms with Gasteiger partial charge in [0.15, 0.2) is 0 Å². The third-order valence-electron chi connectivity index (χ3n) is 6.87. The summed E-state index contributed by atoms with van der Waals surface area (Å²) in [4.78, 5) is 27.9. The SMILES string of the molecule is Cc1cc(C)n(CCC(=O)N2C[C@H](F)C[C@H]2C(=O)N[C@@H](c2ccccc2)c2ccc(C(C)C)cc2)n1. The number of carbonyl (C=O) groups excluding carboxylic acids is 2. The molecule has 0 saturated carbocycles. The van der Waals surface area contributed by atoms with Gasteiger partial charge in [0.25, 0.3) is 0 Å². The van der Waals surface area contributed by atoms with E-state index in [0.717, 1.165) is 22.5 Å². The van der Waals surface area contributed by atoms with E-state index in [1.54, 1.807) is 4.68 Å². The smallest absolute Gasteiger partial charge is 0.243 e. The summed E-state index contributed by atoms with van der Waals surface area (Å²) in [5, 5.41) is 7.51. The van der Waals surface area contributed by atoms with Crippen LogP contribution in [0.15, 0.2) is 60.7 Å². The molecule has 6 nitrogen and oxygen atoms in total. The van der Waals surface area contributed by atoms with Gasteiger partial charge >= 0.3 is 0 Å². The first kappa shape index (κ1) is 25.6. The number of nitrogens with zero attached hydrogens (tertiary/aromatic N) is 3. The van der Waals surface area contributed by atoms with Crippen LogP contribution >= 0.6 is 0 Å². The van der Waals surface area contributed by atoms with Crippen molar-refractivity contribution >= 4 is 11.8 Å². The van der Waals surface area contributed by atoms with Crippen LogP contribution in [-0.4, -0.2) is 45.3 Å². The molecule has 3 atom stereocenters. The Balaban J connectivity index is 1.51. The average molecular weight is 491 g/mol.